The second-order valence-corrected chi connectivity index (χ2v) is 5.01. The van der Waals surface area contributed by atoms with Gasteiger partial charge in [-0.2, -0.15) is 0 Å². The van der Waals surface area contributed by atoms with Crippen LogP contribution in [0.2, 0.25) is 0 Å². The van der Waals surface area contributed by atoms with Crippen LogP contribution in [0.3, 0.4) is 0 Å². The Kier molecular flexibility index (Phi) is 3.48. The smallest absolute Gasteiger partial charge is 0.142 e. The number of imidazole rings is 1. The normalized spacial score (nSPS) is 11.0. The lowest BCUT2D eigenvalue weighted by atomic mass is 10.1. The molecular formula is C16H17N3O2. The molecule has 0 saturated heterocycles. The van der Waals surface area contributed by atoms with Crippen LogP contribution in [0.1, 0.15) is 13.8 Å². The molecule has 0 fully saturated rings. The first-order chi connectivity index (χ1) is 10.2. The summed E-state index contributed by atoms with van der Waals surface area (Å²) in [5.74, 6) is 2.26. The third-order valence-corrected chi connectivity index (χ3v) is 3.09. The van der Waals surface area contributed by atoms with Gasteiger partial charge in [-0.05, 0) is 32.0 Å². The Morgan fingerprint density at radius 1 is 1.19 bits per heavy atom. The predicted octanol–water partition coefficient (Wildman–Crippen LogP) is 3.42. The van der Waals surface area contributed by atoms with Crippen LogP contribution in [0, 0.1) is 0 Å². The largest absolute Gasteiger partial charge is 0.497 e. The maximum absolute atomic E-state index is 5.88. The number of hydrogen-bond acceptors (Lipinski definition) is 4. The molecule has 0 spiro atoms. The van der Waals surface area contributed by atoms with E-state index in [2.05, 4.69) is 15.0 Å². The minimum atomic E-state index is 0.0712. The molecule has 1 N–H and O–H groups in total. The lowest BCUT2D eigenvalue weighted by molar-refractivity contribution is 0.242. The van der Waals surface area contributed by atoms with Gasteiger partial charge >= 0.3 is 0 Å². The lowest BCUT2D eigenvalue weighted by Gasteiger charge is -2.14. The number of methoxy groups -OCH3 is 1. The number of aromatic amines is 1. The van der Waals surface area contributed by atoms with Gasteiger partial charge < -0.3 is 14.5 Å². The fourth-order valence-corrected chi connectivity index (χ4v) is 2.16. The molecule has 5 heteroatoms. The molecule has 0 saturated carbocycles. The van der Waals surface area contributed by atoms with E-state index < -0.39 is 0 Å². The average molecular weight is 283 g/mol. The molecule has 3 aromatic rings. The van der Waals surface area contributed by atoms with Gasteiger partial charge in [0.25, 0.3) is 0 Å². The highest BCUT2D eigenvalue weighted by Crippen LogP contribution is 2.33. The zero-order chi connectivity index (χ0) is 14.8. The van der Waals surface area contributed by atoms with Gasteiger partial charge in [-0.1, -0.05) is 0 Å². The van der Waals surface area contributed by atoms with Crippen LogP contribution >= 0.6 is 0 Å². The molecule has 0 bridgehead atoms. The Balaban J connectivity index is 2.11. The van der Waals surface area contributed by atoms with Crippen molar-refractivity contribution in [2.24, 2.45) is 0 Å². The first-order valence-electron chi connectivity index (χ1n) is 6.82. The number of H-pyrrole nitrogens is 1. The van der Waals surface area contributed by atoms with Crippen molar-refractivity contribution in [3.63, 3.8) is 0 Å². The Bertz CT molecular complexity index is 732. The molecule has 0 amide bonds. The van der Waals surface area contributed by atoms with Crippen molar-refractivity contribution in [1.29, 1.82) is 0 Å². The Morgan fingerprint density at radius 3 is 2.76 bits per heavy atom. The third-order valence-electron chi connectivity index (χ3n) is 3.09. The summed E-state index contributed by atoms with van der Waals surface area (Å²) in [5.41, 5.74) is 2.69. The number of rotatable bonds is 4. The number of nitrogens with zero attached hydrogens (tertiary/aromatic N) is 2. The van der Waals surface area contributed by atoms with Crippen molar-refractivity contribution in [1.82, 2.24) is 15.0 Å². The average Bonchev–Trinajstić information content (AvgIpc) is 2.90. The predicted molar refractivity (Wildman–Crippen MR) is 81.6 cm³/mol. The molecule has 21 heavy (non-hydrogen) atoms. The summed E-state index contributed by atoms with van der Waals surface area (Å²) in [6.07, 6.45) is 3.56. The molecule has 3 rings (SSSR count). The zero-order valence-corrected chi connectivity index (χ0v) is 12.3. The SMILES string of the molecule is COc1ccc(-c2nc3ccncc3[nH]2)c(OC(C)C)c1. The first kappa shape index (κ1) is 13.4. The number of benzene rings is 1. The van der Waals surface area contributed by atoms with E-state index in [4.69, 9.17) is 9.47 Å². The van der Waals surface area contributed by atoms with Crippen molar-refractivity contribution < 1.29 is 9.47 Å². The molecule has 108 valence electrons. The molecule has 0 aliphatic heterocycles. The monoisotopic (exact) mass is 283 g/mol. The molecule has 5 nitrogen and oxygen atoms in total. The molecule has 0 atom stereocenters. The highest BCUT2D eigenvalue weighted by molar-refractivity contribution is 5.80. The number of ether oxygens (including phenoxy) is 2. The highest BCUT2D eigenvalue weighted by Gasteiger charge is 2.13. The van der Waals surface area contributed by atoms with Crippen molar-refractivity contribution in [3.8, 4) is 22.9 Å². The second kappa shape index (κ2) is 5.44. The zero-order valence-electron chi connectivity index (χ0n) is 12.3. The van der Waals surface area contributed by atoms with Gasteiger partial charge in [-0.25, -0.2) is 4.98 Å². The number of hydrogen-bond donors (Lipinski definition) is 1. The van der Waals surface area contributed by atoms with E-state index in [0.717, 1.165) is 33.9 Å². The standard InChI is InChI=1S/C16H17N3O2/c1-10(2)21-15-8-11(20-3)4-5-12(15)16-18-13-6-7-17-9-14(13)19-16/h4-10H,1-3H3,(H,18,19). The Morgan fingerprint density at radius 2 is 2.05 bits per heavy atom. The molecule has 0 radical (unpaired) electrons. The van der Waals surface area contributed by atoms with Crippen LogP contribution in [0.25, 0.3) is 22.4 Å². The van der Waals surface area contributed by atoms with Crippen molar-refractivity contribution in [2.45, 2.75) is 20.0 Å². The summed E-state index contributed by atoms with van der Waals surface area (Å²) in [6, 6.07) is 7.60. The fraction of sp³-hybridized carbons (Fsp3) is 0.250. The molecule has 2 heterocycles. The maximum atomic E-state index is 5.88. The summed E-state index contributed by atoms with van der Waals surface area (Å²) < 4.78 is 11.1. The van der Waals surface area contributed by atoms with Gasteiger partial charge in [0.2, 0.25) is 0 Å². The number of aromatic nitrogens is 3. The molecule has 0 aliphatic rings. The van der Waals surface area contributed by atoms with E-state index in [1.54, 1.807) is 19.5 Å². The van der Waals surface area contributed by atoms with Gasteiger partial charge in [-0.15, -0.1) is 0 Å². The summed E-state index contributed by atoms with van der Waals surface area (Å²) in [4.78, 5) is 12.0. The quantitative estimate of drug-likeness (QED) is 0.797. The van der Waals surface area contributed by atoms with Crippen LogP contribution in [-0.2, 0) is 0 Å². The van der Waals surface area contributed by atoms with Crippen LogP contribution in [0.5, 0.6) is 11.5 Å². The van der Waals surface area contributed by atoms with Gasteiger partial charge in [0.1, 0.15) is 17.3 Å². The van der Waals surface area contributed by atoms with E-state index in [-0.39, 0.29) is 6.10 Å². The highest BCUT2D eigenvalue weighted by atomic mass is 16.5. The number of fused-ring (bicyclic) bond motifs is 1. The van der Waals surface area contributed by atoms with Crippen LogP contribution < -0.4 is 9.47 Å². The summed E-state index contributed by atoms with van der Waals surface area (Å²) >= 11 is 0. The van der Waals surface area contributed by atoms with Crippen LogP contribution in [0.15, 0.2) is 36.7 Å². The van der Waals surface area contributed by atoms with Crippen molar-refractivity contribution in [3.05, 3.63) is 36.7 Å². The first-order valence-corrected chi connectivity index (χ1v) is 6.82. The van der Waals surface area contributed by atoms with Crippen LogP contribution in [0.4, 0.5) is 0 Å². The van der Waals surface area contributed by atoms with Crippen LogP contribution in [-0.4, -0.2) is 28.2 Å². The van der Waals surface area contributed by atoms with E-state index >= 15 is 0 Å². The molecule has 0 aliphatic carbocycles. The summed E-state index contributed by atoms with van der Waals surface area (Å²) in [7, 11) is 1.64. The van der Waals surface area contributed by atoms with Gasteiger partial charge in [-0.3, -0.25) is 4.98 Å². The Labute approximate surface area is 123 Å². The molecular weight excluding hydrogens is 266 g/mol. The topological polar surface area (TPSA) is 60.0 Å². The van der Waals surface area contributed by atoms with Crippen molar-refractivity contribution in [2.75, 3.05) is 7.11 Å². The van der Waals surface area contributed by atoms with Crippen molar-refractivity contribution >= 4 is 11.0 Å². The van der Waals surface area contributed by atoms with E-state index in [1.165, 1.54) is 0 Å². The van der Waals surface area contributed by atoms with E-state index in [1.807, 2.05) is 38.1 Å². The Hall–Kier alpha value is -2.56. The van der Waals surface area contributed by atoms with E-state index in [9.17, 15) is 0 Å². The third kappa shape index (κ3) is 2.67. The minimum absolute atomic E-state index is 0.0712. The molecule has 1 aromatic carbocycles. The lowest BCUT2D eigenvalue weighted by Crippen LogP contribution is -2.07. The molecule has 0 unspecified atom stereocenters. The number of nitrogens with one attached hydrogen (secondary N) is 1. The molecule has 2 aromatic heterocycles. The number of pyridine rings is 1. The van der Waals surface area contributed by atoms with Gasteiger partial charge in [0.05, 0.1) is 36.0 Å². The summed E-state index contributed by atoms with van der Waals surface area (Å²) in [6.45, 7) is 3.98. The van der Waals surface area contributed by atoms with Gasteiger partial charge in [0, 0.05) is 12.3 Å². The second-order valence-electron chi connectivity index (χ2n) is 5.01. The fourth-order valence-electron chi connectivity index (χ4n) is 2.16. The van der Waals surface area contributed by atoms with E-state index in [0.29, 0.717) is 0 Å². The summed E-state index contributed by atoms with van der Waals surface area (Å²) in [5, 5.41) is 0. The van der Waals surface area contributed by atoms with Gasteiger partial charge in [0.15, 0.2) is 0 Å². The minimum Gasteiger partial charge on any atom is -0.497 e. The maximum Gasteiger partial charge on any atom is 0.142 e.